The zero-order valence-electron chi connectivity index (χ0n) is 15.8. The Hall–Kier alpha value is -2.69. The van der Waals surface area contributed by atoms with Gasteiger partial charge in [0.05, 0.1) is 4.92 Å². The third-order valence-corrected chi connectivity index (χ3v) is 7.09. The van der Waals surface area contributed by atoms with Gasteiger partial charge in [0, 0.05) is 35.1 Å². The second kappa shape index (κ2) is 6.43. The van der Waals surface area contributed by atoms with Crippen LogP contribution in [0.15, 0.2) is 48.7 Å². The van der Waals surface area contributed by atoms with Gasteiger partial charge in [-0.3, -0.25) is 14.9 Å². The van der Waals surface area contributed by atoms with Crippen LogP contribution in [0.2, 0.25) is 0 Å². The van der Waals surface area contributed by atoms with Crippen molar-refractivity contribution in [3.8, 4) is 5.69 Å². The molecule has 4 aliphatic rings. The van der Waals surface area contributed by atoms with Crippen LogP contribution in [0.25, 0.3) is 11.8 Å². The fraction of sp³-hybridized carbons (Fsp3) is 0.435. The van der Waals surface area contributed by atoms with E-state index in [4.69, 9.17) is 0 Å². The molecule has 0 unspecified atom stereocenters. The quantitative estimate of drug-likeness (QED) is 0.410. The van der Waals surface area contributed by atoms with Crippen molar-refractivity contribution in [3.63, 3.8) is 0 Å². The van der Waals surface area contributed by atoms with Crippen LogP contribution in [-0.4, -0.2) is 15.3 Å². The summed E-state index contributed by atoms with van der Waals surface area (Å²) >= 11 is 0. The molecule has 144 valence electrons. The van der Waals surface area contributed by atoms with Gasteiger partial charge in [-0.2, -0.15) is 0 Å². The average molecular weight is 376 g/mol. The van der Waals surface area contributed by atoms with Gasteiger partial charge in [0.25, 0.3) is 5.69 Å². The predicted octanol–water partition coefficient (Wildman–Crippen LogP) is 5.18. The number of nitro benzene ring substituents is 1. The van der Waals surface area contributed by atoms with E-state index < -0.39 is 4.92 Å². The third kappa shape index (κ3) is 2.89. The molecular weight excluding hydrogens is 352 g/mol. The molecule has 0 amide bonds. The van der Waals surface area contributed by atoms with E-state index in [1.54, 1.807) is 18.2 Å². The molecule has 1 aromatic carbocycles. The summed E-state index contributed by atoms with van der Waals surface area (Å²) in [4.78, 5) is 23.6. The lowest BCUT2D eigenvalue weighted by Crippen LogP contribution is -2.49. The molecule has 0 saturated heterocycles. The molecular formula is C23H24N2O3. The number of nitrogens with zero attached hydrogens (tertiary/aromatic N) is 2. The molecule has 0 aliphatic heterocycles. The summed E-state index contributed by atoms with van der Waals surface area (Å²) in [5, 5.41) is 10.9. The van der Waals surface area contributed by atoms with Gasteiger partial charge in [0.1, 0.15) is 0 Å². The number of hydrogen-bond acceptors (Lipinski definition) is 3. The van der Waals surface area contributed by atoms with Crippen molar-refractivity contribution in [2.75, 3.05) is 0 Å². The molecule has 4 saturated carbocycles. The molecule has 1 aromatic heterocycles. The van der Waals surface area contributed by atoms with Crippen LogP contribution in [-0.2, 0) is 4.79 Å². The molecule has 4 aliphatic carbocycles. The highest BCUT2D eigenvalue weighted by Crippen LogP contribution is 2.60. The number of allylic oxidation sites excluding steroid dienone is 1. The van der Waals surface area contributed by atoms with Gasteiger partial charge in [-0.05, 0) is 92.7 Å². The van der Waals surface area contributed by atoms with Crippen molar-refractivity contribution in [1.29, 1.82) is 0 Å². The predicted molar refractivity (Wildman–Crippen MR) is 107 cm³/mol. The molecule has 0 spiro atoms. The van der Waals surface area contributed by atoms with E-state index in [1.807, 2.05) is 29.0 Å². The first-order chi connectivity index (χ1) is 13.5. The van der Waals surface area contributed by atoms with Crippen molar-refractivity contribution >= 4 is 17.5 Å². The van der Waals surface area contributed by atoms with E-state index >= 15 is 0 Å². The van der Waals surface area contributed by atoms with Crippen LogP contribution in [0.3, 0.4) is 0 Å². The maximum absolute atomic E-state index is 13.2. The largest absolute Gasteiger partial charge is 0.317 e. The van der Waals surface area contributed by atoms with Gasteiger partial charge in [-0.15, -0.1) is 0 Å². The fourth-order valence-electron chi connectivity index (χ4n) is 6.25. The van der Waals surface area contributed by atoms with E-state index in [9.17, 15) is 14.9 Å². The van der Waals surface area contributed by atoms with Crippen LogP contribution < -0.4 is 0 Å². The minimum absolute atomic E-state index is 0.0741. The van der Waals surface area contributed by atoms with Crippen molar-refractivity contribution in [3.05, 3.63) is 64.5 Å². The first kappa shape index (κ1) is 17.4. The molecule has 1 heterocycles. The molecule has 0 radical (unpaired) electrons. The number of non-ortho nitro benzene ring substituents is 1. The normalized spacial score (nSPS) is 30.8. The summed E-state index contributed by atoms with van der Waals surface area (Å²) in [5.74, 6) is 2.57. The molecule has 5 nitrogen and oxygen atoms in total. The molecule has 5 heteroatoms. The molecule has 4 fully saturated rings. The topological polar surface area (TPSA) is 65.1 Å². The number of carbonyl (C=O) groups excluding carboxylic acids is 1. The molecule has 2 aromatic rings. The van der Waals surface area contributed by atoms with E-state index in [-0.39, 0.29) is 11.1 Å². The van der Waals surface area contributed by atoms with Crippen molar-refractivity contribution in [2.24, 2.45) is 23.2 Å². The maximum atomic E-state index is 13.2. The third-order valence-electron chi connectivity index (χ3n) is 7.09. The standard InChI is InChI=1S/C23H24N2O3/c26-22(23-13-16-10-17(14-23)12-18(11-16)15-23)8-7-19-2-1-9-24(19)20-3-5-21(6-4-20)25(27)28/h1-9,16-18H,10-15H2/b8-7+. The molecule has 6 rings (SSSR count). The average Bonchev–Trinajstić information content (AvgIpc) is 3.13. The van der Waals surface area contributed by atoms with Crippen LogP contribution in [0.4, 0.5) is 5.69 Å². The summed E-state index contributed by atoms with van der Waals surface area (Å²) < 4.78 is 1.95. The zero-order valence-corrected chi connectivity index (χ0v) is 15.8. The SMILES string of the molecule is O=C(/C=C/c1cccn1-c1ccc([N+](=O)[O-])cc1)C12CC3CC(CC(C3)C1)C2. The molecule has 28 heavy (non-hydrogen) atoms. The Morgan fingerprint density at radius 3 is 2.21 bits per heavy atom. The highest BCUT2D eigenvalue weighted by Gasteiger charge is 2.53. The van der Waals surface area contributed by atoms with Crippen LogP contribution in [0.1, 0.15) is 44.2 Å². The van der Waals surface area contributed by atoms with Crippen molar-refractivity contribution in [2.45, 2.75) is 38.5 Å². The summed E-state index contributed by atoms with van der Waals surface area (Å²) in [6.07, 6.45) is 12.8. The number of benzene rings is 1. The Balaban J connectivity index is 1.37. The smallest absolute Gasteiger partial charge is 0.269 e. The Morgan fingerprint density at radius 2 is 1.64 bits per heavy atom. The van der Waals surface area contributed by atoms with Gasteiger partial charge in [-0.25, -0.2) is 0 Å². The lowest BCUT2D eigenvalue weighted by molar-refractivity contribution is -0.384. The highest BCUT2D eigenvalue weighted by molar-refractivity contribution is 5.98. The van der Waals surface area contributed by atoms with Gasteiger partial charge in [0.2, 0.25) is 0 Å². The highest BCUT2D eigenvalue weighted by atomic mass is 16.6. The van der Waals surface area contributed by atoms with Gasteiger partial charge in [0.15, 0.2) is 5.78 Å². The molecule has 0 N–H and O–H groups in total. The van der Waals surface area contributed by atoms with Crippen LogP contribution in [0, 0.1) is 33.3 Å². The minimum Gasteiger partial charge on any atom is -0.317 e. The second-order valence-corrected chi connectivity index (χ2v) is 8.97. The van der Waals surface area contributed by atoms with E-state index in [2.05, 4.69) is 0 Å². The van der Waals surface area contributed by atoms with Gasteiger partial charge < -0.3 is 4.57 Å². The van der Waals surface area contributed by atoms with E-state index in [0.717, 1.165) is 48.4 Å². The lowest BCUT2D eigenvalue weighted by atomic mass is 9.48. The lowest BCUT2D eigenvalue weighted by Gasteiger charge is -2.55. The molecule has 0 atom stereocenters. The van der Waals surface area contributed by atoms with Gasteiger partial charge in [-0.1, -0.05) is 0 Å². The Morgan fingerprint density at radius 1 is 1.04 bits per heavy atom. The van der Waals surface area contributed by atoms with E-state index in [1.165, 1.54) is 31.4 Å². The monoisotopic (exact) mass is 376 g/mol. The zero-order chi connectivity index (χ0) is 19.3. The first-order valence-corrected chi connectivity index (χ1v) is 10.2. The molecule has 4 bridgehead atoms. The van der Waals surface area contributed by atoms with Crippen molar-refractivity contribution in [1.82, 2.24) is 4.57 Å². The maximum Gasteiger partial charge on any atom is 0.269 e. The number of hydrogen-bond donors (Lipinski definition) is 0. The Kier molecular flexibility index (Phi) is 4.00. The number of carbonyl (C=O) groups is 1. The van der Waals surface area contributed by atoms with Crippen LogP contribution in [0.5, 0.6) is 0 Å². The van der Waals surface area contributed by atoms with E-state index in [0.29, 0.717) is 5.78 Å². The summed E-state index contributed by atoms with van der Waals surface area (Å²) in [6.45, 7) is 0. The minimum atomic E-state index is -0.398. The van der Waals surface area contributed by atoms with Crippen molar-refractivity contribution < 1.29 is 9.72 Å². The number of ketones is 1. The first-order valence-electron chi connectivity index (χ1n) is 10.2. The van der Waals surface area contributed by atoms with Gasteiger partial charge >= 0.3 is 0 Å². The number of rotatable bonds is 5. The summed E-state index contributed by atoms with van der Waals surface area (Å²) in [7, 11) is 0. The van der Waals surface area contributed by atoms with Crippen LogP contribution >= 0.6 is 0 Å². The number of nitro groups is 1. The second-order valence-electron chi connectivity index (χ2n) is 8.97. The summed E-state index contributed by atoms with van der Waals surface area (Å²) in [5.41, 5.74) is 1.71. The summed E-state index contributed by atoms with van der Waals surface area (Å²) in [6, 6.07) is 10.4. The number of aromatic nitrogens is 1. The Labute approximate surface area is 164 Å². The fourth-order valence-corrected chi connectivity index (χ4v) is 6.25. The Bertz CT molecular complexity index is 919.